The molecule has 0 spiro atoms. The number of nitrogens with one attached hydrogen (secondary N) is 2. The monoisotopic (exact) mass is 737 g/mol. The minimum atomic E-state index is -1.38. The van der Waals surface area contributed by atoms with Gasteiger partial charge in [-0.05, 0) is 64.2 Å². The lowest BCUT2D eigenvalue weighted by atomic mass is 10.0. The zero-order chi connectivity index (χ0) is 38.3. The number of aliphatic carboxylic acids is 1. The van der Waals surface area contributed by atoms with E-state index in [0.717, 1.165) is 64.2 Å². The van der Waals surface area contributed by atoms with Crippen molar-refractivity contribution in [2.75, 3.05) is 13.2 Å². The zero-order valence-electron chi connectivity index (χ0n) is 33.6. The summed E-state index contributed by atoms with van der Waals surface area (Å²) in [7, 11) is 0. The highest BCUT2D eigenvalue weighted by atomic mass is 16.5. The summed E-state index contributed by atoms with van der Waals surface area (Å²) in [6.07, 6.45) is 39.5. The average Bonchev–Trinajstić information content (AvgIpc) is 3.13. The Morgan fingerprint density at radius 2 is 0.981 bits per heavy atom. The molecule has 0 aliphatic heterocycles. The van der Waals surface area contributed by atoms with Crippen LogP contribution in [0.25, 0.3) is 0 Å². The maximum atomic E-state index is 12.8. The molecule has 0 aromatic heterocycles. The average molecular weight is 737 g/mol. The first kappa shape index (κ1) is 49.6. The van der Waals surface area contributed by atoms with E-state index in [1.165, 1.54) is 116 Å². The second kappa shape index (κ2) is 38.3. The summed E-state index contributed by atoms with van der Waals surface area (Å²) in [6.45, 7) is 3.47. The molecule has 304 valence electrons. The number of allylic oxidation sites excluding steroid dienone is 2. The van der Waals surface area contributed by atoms with Gasteiger partial charge in [-0.2, -0.15) is 0 Å². The number of hydrogen-bond donors (Lipinski definition) is 4. The molecule has 0 saturated heterocycles. The maximum absolute atomic E-state index is 12.8. The predicted octanol–water partition coefficient (Wildman–Crippen LogP) is 10.3. The number of carbonyl (C=O) groups is 4. The number of carbonyl (C=O) groups excluding carboxylic acids is 3. The Balaban J connectivity index is 4.30. The second-order valence-corrected chi connectivity index (χ2v) is 14.8. The van der Waals surface area contributed by atoms with Gasteiger partial charge in [0.15, 0.2) is 0 Å². The van der Waals surface area contributed by atoms with E-state index < -0.39 is 24.5 Å². The van der Waals surface area contributed by atoms with Crippen LogP contribution >= 0.6 is 0 Å². The van der Waals surface area contributed by atoms with Crippen molar-refractivity contribution in [1.82, 2.24) is 10.6 Å². The molecule has 9 nitrogen and oxygen atoms in total. The van der Waals surface area contributed by atoms with Crippen molar-refractivity contribution < 1.29 is 34.1 Å². The highest BCUT2D eigenvalue weighted by Gasteiger charge is 2.19. The van der Waals surface area contributed by atoms with Crippen molar-refractivity contribution in [3.8, 4) is 0 Å². The normalized spacial score (nSPS) is 12.5. The Labute approximate surface area is 318 Å². The first-order valence-electron chi connectivity index (χ1n) is 21.6. The van der Waals surface area contributed by atoms with Crippen molar-refractivity contribution in [2.24, 2.45) is 0 Å². The SMILES string of the molecule is CCCCC/C=C\CCCCCCCC(=O)OC(CCCCCCCCCCCCCC)CCCCCCCC(=O)NCC(=O)NC(CO)C(=O)O. The fraction of sp³-hybridized carbons (Fsp3) is 0.860. The van der Waals surface area contributed by atoms with Crippen molar-refractivity contribution in [3.05, 3.63) is 12.2 Å². The number of ether oxygens (including phenoxy) is 1. The first-order chi connectivity index (χ1) is 25.3. The molecule has 0 bridgehead atoms. The third kappa shape index (κ3) is 34.7. The van der Waals surface area contributed by atoms with E-state index >= 15 is 0 Å². The molecule has 4 N–H and O–H groups in total. The number of esters is 1. The van der Waals surface area contributed by atoms with Crippen molar-refractivity contribution in [3.63, 3.8) is 0 Å². The number of unbranched alkanes of at least 4 members (excludes halogenated alkanes) is 23. The Morgan fingerprint density at radius 3 is 1.48 bits per heavy atom. The molecule has 0 rings (SSSR count). The highest BCUT2D eigenvalue weighted by molar-refractivity contribution is 5.87. The minimum absolute atomic E-state index is 0.0109. The number of hydrogen-bond acceptors (Lipinski definition) is 6. The third-order valence-corrected chi connectivity index (χ3v) is 9.76. The van der Waals surface area contributed by atoms with E-state index in [-0.39, 0.29) is 24.5 Å². The van der Waals surface area contributed by atoms with E-state index in [1.807, 2.05) is 0 Å². The van der Waals surface area contributed by atoms with Crippen LogP contribution in [0.4, 0.5) is 0 Å². The molecule has 0 aromatic rings. The lowest BCUT2D eigenvalue weighted by molar-refractivity contribution is -0.150. The van der Waals surface area contributed by atoms with Crippen molar-refractivity contribution >= 4 is 23.8 Å². The molecular weight excluding hydrogens is 656 g/mol. The smallest absolute Gasteiger partial charge is 0.328 e. The predicted molar refractivity (Wildman–Crippen MR) is 213 cm³/mol. The third-order valence-electron chi connectivity index (χ3n) is 9.76. The number of carboxylic acid groups (broad SMARTS) is 1. The van der Waals surface area contributed by atoms with Crippen LogP contribution in [0.2, 0.25) is 0 Å². The van der Waals surface area contributed by atoms with Crippen LogP contribution < -0.4 is 10.6 Å². The highest BCUT2D eigenvalue weighted by Crippen LogP contribution is 2.19. The lowest BCUT2D eigenvalue weighted by Gasteiger charge is -2.18. The molecule has 2 amide bonds. The van der Waals surface area contributed by atoms with Gasteiger partial charge in [0.2, 0.25) is 11.8 Å². The van der Waals surface area contributed by atoms with Gasteiger partial charge < -0.3 is 25.6 Å². The van der Waals surface area contributed by atoms with E-state index in [1.54, 1.807) is 0 Å². The van der Waals surface area contributed by atoms with E-state index in [2.05, 4.69) is 36.6 Å². The largest absolute Gasteiger partial charge is 0.480 e. The van der Waals surface area contributed by atoms with Crippen LogP contribution in [0.3, 0.4) is 0 Å². The van der Waals surface area contributed by atoms with Crippen LogP contribution in [0, 0.1) is 0 Å². The van der Waals surface area contributed by atoms with Gasteiger partial charge in [0, 0.05) is 12.8 Å². The molecule has 0 aliphatic carbocycles. The maximum Gasteiger partial charge on any atom is 0.328 e. The molecule has 2 atom stereocenters. The number of carboxylic acids is 1. The molecule has 0 radical (unpaired) electrons. The van der Waals surface area contributed by atoms with Crippen LogP contribution in [-0.2, 0) is 23.9 Å². The van der Waals surface area contributed by atoms with E-state index in [0.29, 0.717) is 19.3 Å². The summed E-state index contributed by atoms with van der Waals surface area (Å²) in [4.78, 5) is 47.5. The lowest BCUT2D eigenvalue weighted by Crippen LogP contribution is -2.47. The van der Waals surface area contributed by atoms with Gasteiger partial charge in [0.05, 0.1) is 13.2 Å². The molecule has 0 saturated carbocycles. The van der Waals surface area contributed by atoms with Gasteiger partial charge >= 0.3 is 11.9 Å². The molecule has 9 heteroatoms. The Hall–Kier alpha value is -2.42. The first-order valence-corrected chi connectivity index (χ1v) is 21.6. The Bertz CT molecular complexity index is 895. The summed E-state index contributed by atoms with van der Waals surface area (Å²) in [5.41, 5.74) is 0. The van der Waals surface area contributed by atoms with Gasteiger partial charge in [-0.15, -0.1) is 0 Å². The summed E-state index contributed by atoms with van der Waals surface area (Å²) in [5.74, 6) is -2.29. The van der Waals surface area contributed by atoms with Gasteiger partial charge in [-0.25, -0.2) is 4.79 Å². The zero-order valence-corrected chi connectivity index (χ0v) is 33.6. The number of rotatable bonds is 39. The van der Waals surface area contributed by atoms with Crippen molar-refractivity contribution in [2.45, 2.75) is 225 Å². The van der Waals surface area contributed by atoms with Gasteiger partial charge in [-0.3, -0.25) is 14.4 Å². The van der Waals surface area contributed by atoms with E-state index in [4.69, 9.17) is 14.9 Å². The molecule has 0 aromatic carbocycles. The van der Waals surface area contributed by atoms with E-state index in [9.17, 15) is 19.2 Å². The topological polar surface area (TPSA) is 142 Å². The number of aliphatic hydroxyl groups is 1. The number of amides is 2. The molecule has 2 unspecified atom stereocenters. The molecular formula is C43H80N2O7. The van der Waals surface area contributed by atoms with Gasteiger partial charge in [0.25, 0.3) is 0 Å². The fourth-order valence-electron chi connectivity index (χ4n) is 6.42. The molecule has 0 fully saturated rings. The molecule has 0 heterocycles. The van der Waals surface area contributed by atoms with Crippen molar-refractivity contribution in [1.29, 1.82) is 0 Å². The van der Waals surface area contributed by atoms with Gasteiger partial charge in [0.1, 0.15) is 12.1 Å². The summed E-state index contributed by atoms with van der Waals surface area (Å²) in [6, 6.07) is -1.38. The summed E-state index contributed by atoms with van der Waals surface area (Å²) < 4.78 is 6.02. The van der Waals surface area contributed by atoms with Crippen LogP contribution in [0.5, 0.6) is 0 Å². The standard InChI is InChI=1S/C43H80N2O7/c1-3-5-7-9-11-13-15-17-19-21-24-28-32-38(52-42(49)35-31-27-22-20-18-16-14-12-10-8-6-4-2)33-29-25-23-26-30-34-40(47)44-36-41(48)45-39(37-46)43(50)51/h12,14,38-39,46H,3-11,13,15-37H2,1-2H3,(H,44,47)(H,45,48)(H,50,51)/b14-12-. The van der Waals surface area contributed by atoms with Crippen LogP contribution in [-0.4, -0.2) is 59.3 Å². The quantitative estimate of drug-likeness (QED) is 0.0279. The Kier molecular flexibility index (Phi) is 36.5. The van der Waals surface area contributed by atoms with Gasteiger partial charge in [-0.1, -0.05) is 148 Å². The molecule has 52 heavy (non-hydrogen) atoms. The summed E-state index contributed by atoms with van der Waals surface area (Å²) in [5, 5.41) is 22.5. The van der Waals surface area contributed by atoms with Crippen LogP contribution in [0.15, 0.2) is 12.2 Å². The minimum Gasteiger partial charge on any atom is -0.480 e. The molecule has 0 aliphatic rings. The summed E-state index contributed by atoms with van der Waals surface area (Å²) >= 11 is 0. The fourth-order valence-corrected chi connectivity index (χ4v) is 6.42. The second-order valence-electron chi connectivity index (χ2n) is 14.8. The Morgan fingerprint density at radius 1 is 0.558 bits per heavy atom. The van der Waals surface area contributed by atoms with Crippen LogP contribution in [0.1, 0.15) is 213 Å². The number of aliphatic hydroxyl groups excluding tert-OH is 1.